The summed E-state index contributed by atoms with van der Waals surface area (Å²) in [6.45, 7) is 3.57. The van der Waals surface area contributed by atoms with Crippen LogP contribution in [0.15, 0.2) is 24.3 Å². The van der Waals surface area contributed by atoms with Gasteiger partial charge in [-0.1, -0.05) is 37.6 Å². The topological polar surface area (TPSA) is 32.3 Å². The second kappa shape index (κ2) is 6.91. The number of aliphatic hydroxyl groups is 1. The monoisotopic (exact) mass is 247 g/mol. The van der Waals surface area contributed by atoms with Crippen molar-refractivity contribution >= 4 is 0 Å². The molecule has 0 heterocycles. The van der Waals surface area contributed by atoms with Crippen LogP contribution in [0, 0.1) is 5.92 Å². The Hall–Kier alpha value is -0.860. The molecule has 18 heavy (non-hydrogen) atoms. The van der Waals surface area contributed by atoms with Crippen LogP contribution >= 0.6 is 0 Å². The fourth-order valence-corrected chi connectivity index (χ4v) is 2.84. The molecule has 0 spiro atoms. The lowest BCUT2D eigenvalue weighted by molar-refractivity contribution is 0.247. The molecule has 2 atom stereocenters. The van der Waals surface area contributed by atoms with Crippen LogP contribution in [0.2, 0.25) is 0 Å². The molecule has 2 N–H and O–H groups in total. The van der Waals surface area contributed by atoms with Gasteiger partial charge in [-0.05, 0) is 49.3 Å². The van der Waals surface area contributed by atoms with Crippen molar-refractivity contribution in [3.8, 4) is 0 Å². The molecular weight excluding hydrogens is 222 g/mol. The van der Waals surface area contributed by atoms with Crippen molar-refractivity contribution in [2.45, 2.75) is 45.1 Å². The lowest BCUT2D eigenvalue weighted by atomic mass is 9.88. The zero-order chi connectivity index (χ0) is 12.8. The Morgan fingerprint density at radius 2 is 2.11 bits per heavy atom. The maximum Gasteiger partial charge on any atom is 0.0434 e. The van der Waals surface area contributed by atoms with E-state index in [4.69, 9.17) is 5.11 Å². The molecule has 2 unspecified atom stereocenters. The van der Waals surface area contributed by atoms with Crippen LogP contribution in [0.3, 0.4) is 0 Å². The Bertz CT molecular complexity index is 364. The van der Waals surface area contributed by atoms with Crippen molar-refractivity contribution in [2.24, 2.45) is 5.92 Å². The quantitative estimate of drug-likeness (QED) is 0.809. The van der Waals surface area contributed by atoms with Crippen molar-refractivity contribution in [1.29, 1.82) is 0 Å². The number of aryl methyl sites for hydroxylation is 1. The maximum absolute atomic E-state index is 9.01. The Kier molecular flexibility index (Phi) is 5.21. The van der Waals surface area contributed by atoms with Gasteiger partial charge in [-0.25, -0.2) is 0 Å². The SMILES string of the molecule is CCC(CCO)CNC1CCc2ccccc2C1. The van der Waals surface area contributed by atoms with Crippen LogP contribution in [-0.2, 0) is 12.8 Å². The van der Waals surface area contributed by atoms with Gasteiger partial charge in [-0.3, -0.25) is 0 Å². The van der Waals surface area contributed by atoms with Crippen LogP contribution in [0.4, 0.5) is 0 Å². The molecule has 0 bridgehead atoms. The number of benzene rings is 1. The van der Waals surface area contributed by atoms with E-state index >= 15 is 0 Å². The summed E-state index contributed by atoms with van der Waals surface area (Å²) < 4.78 is 0. The van der Waals surface area contributed by atoms with E-state index in [0.29, 0.717) is 18.6 Å². The predicted molar refractivity (Wildman–Crippen MR) is 75.7 cm³/mol. The zero-order valence-corrected chi connectivity index (χ0v) is 11.4. The second-order valence-corrected chi connectivity index (χ2v) is 5.40. The number of aliphatic hydroxyl groups excluding tert-OH is 1. The third-order valence-corrected chi connectivity index (χ3v) is 4.16. The van der Waals surface area contributed by atoms with Gasteiger partial charge in [0.2, 0.25) is 0 Å². The molecule has 0 saturated heterocycles. The number of fused-ring (bicyclic) bond motifs is 1. The van der Waals surface area contributed by atoms with Gasteiger partial charge in [0.15, 0.2) is 0 Å². The summed E-state index contributed by atoms with van der Waals surface area (Å²) in [5, 5.41) is 12.7. The van der Waals surface area contributed by atoms with Gasteiger partial charge in [-0.15, -0.1) is 0 Å². The maximum atomic E-state index is 9.01. The van der Waals surface area contributed by atoms with E-state index in [1.54, 1.807) is 0 Å². The Labute approximate surface area is 110 Å². The van der Waals surface area contributed by atoms with Gasteiger partial charge in [0.1, 0.15) is 0 Å². The molecule has 100 valence electrons. The van der Waals surface area contributed by atoms with Gasteiger partial charge < -0.3 is 10.4 Å². The minimum absolute atomic E-state index is 0.313. The Morgan fingerprint density at radius 3 is 2.83 bits per heavy atom. The van der Waals surface area contributed by atoms with Crippen molar-refractivity contribution < 1.29 is 5.11 Å². The number of hydrogen-bond donors (Lipinski definition) is 2. The lowest BCUT2D eigenvalue weighted by Gasteiger charge is -2.27. The standard InChI is InChI=1S/C16H25NO/c1-2-13(9-10-18)12-17-16-8-7-14-5-3-4-6-15(14)11-16/h3-6,13,16-18H,2,7-12H2,1H3. The summed E-state index contributed by atoms with van der Waals surface area (Å²) in [4.78, 5) is 0. The van der Waals surface area contributed by atoms with Crippen LogP contribution in [0.25, 0.3) is 0 Å². The van der Waals surface area contributed by atoms with E-state index < -0.39 is 0 Å². The smallest absolute Gasteiger partial charge is 0.0434 e. The number of hydrogen-bond acceptors (Lipinski definition) is 2. The molecule has 2 rings (SSSR count). The minimum atomic E-state index is 0.313. The number of rotatable bonds is 6. The molecule has 0 aromatic heterocycles. The Morgan fingerprint density at radius 1 is 1.33 bits per heavy atom. The van der Waals surface area contributed by atoms with Crippen molar-refractivity contribution in [2.75, 3.05) is 13.2 Å². The second-order valence-electron chi connectivity index (χ2n) is 5.40. The average Bonchev–Trinajstić information content (AvgIpc) is 2.43. The summed E-state index contributed by atoms with van der Waals surface area (Å²) in [6, 6.07) is 9.41. The van der Waals surface area contributed by atoms with Gasteiger partial charge in [0.05, 0.1) is 0 Å². The van der Waals surface area contributed by atoms with E-state index in [0.717, 1.165) is 25.8 Å². The highest BCUT2D eigenvalue weighted by molar-refractivity contribution is 5.30. The molecular formula is C16H25NO. The highest BCUT2D eigenvalue weighted by atomic mass is 16.3. The molecule has 0 radical (unpaired) electrons. The van der Waals surface area contributed by atoms with Crippen LogP contribution in [0.1, 0.15) is 37.3 Å². The highest BCUT2D eigenvalue weighted by Gasteiger charge is 2.18. The fourth-order valence-electron chi connectivity index (χ4n) is 2.84. The predicted octanol–water partition coefficient (Wildman–Crippen LogP) is 2.54. The van der Waals surface area contributed by atoms with E-state index in [1.165, 1.54) is 24.0 Å². The summed E-state index contributed by atoms with van der Waals surface area (Å²) in [6.07, 6.45) is 5.67. The molecule has 0 saturated carbocycles. The molecule has 0 aliphatic heterocycles. The average molecular weight is 247 g/mol. The van der Waals surface area contributed by atoms with Crippen LogP contribution in [0.5, 0.6) is 0 Å². The Balaban J connectivity index is 1.82. The van der Waals surface area contributed by atoms with Gasteiger partial charge in [0.25, 0.3) is 0 Å². The van der Waals surface area contributed by atoms with E-state index in [2.05, 4.69) is 36.5 Å². The first-order chi connectivity index (χ1) is 8.83. The third-order valence-electron chi connectivity index (χ3n) is 4.16. The molecule has 2 nitrogen and oxygen atoms in total. The first-order valence-corrected chi connectivity index (χ1v) is 7.24. The van der Waals surface area contributed by atoms with Crippen molar-refractivity contribution in [1.82, 2.24) is 5.32 Å². The normalized spacial score (nSPS) is 20.4. The first kappa shape index (κ1) is 13.6. The molecule has 2 heteroatoms. The molecule has 1 aromatic rings. The first-order valence-electron chi connectivity index (χ1n) is 7.24. The van der Waals surface area contributed by atoms with Crippen molar-refractivity contribution in [3.63, 3.8) is 0 Å². The molecule has 0 fully saturated rings. The number of nitrogens with one attached hydrogen (secondary N) is 1. The zero-order valence-electron chi connectivity index (χ0n) is 11.4. The summed E-state index contributed by atoms with van der Waals surface area (Å²) in [7, 11) is 0. The van der Waals surface area contributed by atoms with Gasteiger partial charge in [0, 0.05) is 12.6 Å². The summed E-state index contributed by atoms with van der Waals surface area (Å²) in [5.41, 5.74) is 3.04. The van der Waals surface area contributed by atoms with E-state index in [9.17, 15) is 0 Å². The highest BCUT2D eigenvalue weighted by Crippen LogP contribution is 2.21. The van der Waals surface area contributed by atoms with Crippen LogP contribution in [-0.4, -0.2) is 24.3 Å². The molecule has 1 aromatic carbocycles. The van der Waals surface area contributed by atoms with Gasteiger partial charge >= 0.3 is 0 Å². The lowest BCUT2D eigenvalue weighted by Crippen LogP contribution is -2.37. The van der Waals surface area contributed by atoms with E-state index in [-0.39, 0.29) is 0 Å². The van der Waals surface area contributed by atoms with E-state index in [1.807, 2.05) is 0 Å². The molecule has 1 aliphatic carbocycles. The van der Waals surface area contributed by atoms with Crippen molar-refractivity contribution in [3.05, 3.63) is 35.4 Å². The van der Waals surface area contributed by atoms with Gasteiger partial charge in [-0.2, -0.15) is 0 Å². The fraction of sp³-hybridized carbons (Fsp3) is 0.625. The summed E-state index contributed by atoms with van der Waals surface area (Å²) in [5.74, 6) is 0.618. The van der Waals surface area contributed by atoms with Crippen LogP contribution < -0.4 is 5.32 Å². The molecule has 1 aliphatic rings. The summed E-state index contributed by atoms with van der Waals surface area (Å²) >= 11 is 0. The largest absolute Gasteiger partial charge is 0.396 e. The minimum Gasteiger partial charge on any atom is -0.396 e. The molecule has 0 amide bonds. The third kappa shape index (κ3) is 3.56.